The Bertz CT molecular complexity index is 913. The monoisotopic (exact) mass is 343 g/mol. The Morgan fingerprint density at radius 1 is 1.25 bits per heavy atom. The standard InChI is InChI=1S/C17H17N3O3S/c1-10-12(17(22)19-11(2)18-10)7-8-16(21)23-9-15-20-13-5-3-4-6-14(13)24-15/h3-6H,7-9H2,1-2H3,(H,18,19,22). The lowest BCUT2D eigenvalue weighted by Crippen LogP contribution is -2.19. The molecule has 0 bridgehead atoms. The van der Waals surface area contributed by atoms with Crippen LogP contribution < -0.4 is 5.56 Å². The first-order chi connectivity index (χ1) is 11.5. The molecule has 0 aliphatic rings. The van der Waals surface area contributed by atoms with Crippen LogP contribution in [-0.4, -0.2) is 20.9 Å². The molecule has 124 valence electrons. The summed E-state index contributed by atoms with van der Waals surface area (Å²) >= 11 is 1.51. The van der Waals surface area contributed by atoms with Crippen LogP contribution in [0.4, 0.5) is 0 Å². The first-order valence-electron chi connectivity index (χ1n) is 7.59. The number of esters is 1. The summed E-state index contributed by atoms with van der Waals surface area (Å²) in [4.78, 5) is 35.1. The molecule has 0 saturated heterocycles. The molecule has 2 aromatic heterocycles. The van der Waals surface area contributed by atoms with Crippen LogP contribution in [0.2, 0.25) is 0 Å². The van der Waals surface area contributed by atoms with Crippen molar-refractivity contribution in [2.24, 2.45) is 0 Å². The van der Waals surface area contributed by atoms with Gasteiger partial charge >= 0.3 is 5.97 Å². The zero-order valence-electron chi connectivity index (χ0n) is 13.5. The third-order valence-electron chi connectivity index (χ3n) is 3.61. The fraction of sp³-hybridized carbons (Fsp3) is 0.294. The lowest BCUT2D eigenvalue weighted by Gasteiger charge is -2.05. The minimum absolute atomic E-state index is 0.138. The number of para-hydroxylation sites is 1. The van der Waals surface area contributed by atoms with Crippen LogP contribution in [-0.2, 0) is 22.6 Å². The molecule has 3 aromatic rings. The smallest absolute Gasteiger partial charge is 0.306 e. The van der Waals surface area contributed by atoms with Gasteiger partial charge < -0.3 is 9.72 Å². The molecule has 1 N–H and O–H groups in total. The molecule has 1 aromatic carbocycles. The highest BCUT2D eigenvalue weighted by atomic mass is 32.1. The third-order valence-corrected chi connectivity index (χ3v) is 4.62. The van der Waals surface area contributed by atoms with E-state index in [1.807, 2.05) is 24.3 Å². The van der Waals surface area contributed by atoms with Crippen LogP contribution in [0.5, 0.6) is 0 Å². The van der Waals surface area contributed by atoms with Crippen molar-refractivity contribution in [2.75, 3.05) is 0 Å². The SMILES string of the molecule is Cc1nc(C)c(CCC(=O)OCc2nc3ccccc3s2)c(=O)[nH]1. The number of aromatic nitrogens is 3. The summed E-state index contributed by atoms with van der Waals surface area (Å²) in [6.07, 6.45) is 0.451. The van der Waals surface area contributed by atoms with Crippen LogP contribution in [0.25, 0.3) is 10.2 Å². The summed E-state index contributed by atoms with van der Waals surface area (Å²) in [5.74, 6) is 0.216. The quantitative estimate of drug-likeness (QED) is 0.720. The molecule has 0 aliphatic carbocycles. The summed E-state index contributed by atoms with van der Waals surface area (Å²) in [6.45, 7) is 3.65. The summed E-state index contributed by atoms with van der Waals surface area (Å²) in [6, 6.07) is 7.79. The van der Waals surface area contributed by atoms with Gasteiger partial charge in [-0.2, -0.15) is 0 Å². The highest BCUT2D eigenvalue weighted by Gasteiger charge is 2.11. The number of nitrogens with zero attached hydrogens (tertiary/aromatic N) is 2. The van der Waals surface area contributed by atoms with Gasteiger partial charge in [-0.15, -0.1) is 11.3 Å². The highest BCUT2D eigenvalue weighted by molar-refractivity contribution is 7.18. The van der Waals surface area contributed by atoms with Crippen LogP contribution in [0, 0.1) is 13.8 Å². The number of benzene rings is 1. The van der Waals surface area contributed by atoms with Gasteiger partial charge in [0.1, 0.15) is 17.4 Å². The molecule has 24 heavy (non-hydrogen) atoms. The molecule has 0 unspecified atom stereocenters. The lowest BCUT2D eigenvalue weighted by molar-refractivity contribution is -0.144. The lowest BCUT2D eigenvalue weighted by atomic mass is 10.1. The molecular weight excluding hydrogens is 326 g/mol. The van der Waals surface area contributed by atoms with E-state index in [1.54, 1.807) is 13.8 Å². The molecule has 0 atom stereocenters. The molecule has 0 amide bonds. The summed E-state index contributed by atoms with van der Waals surface area (Å²) < 4.78 is 6.33. The topological polar surface area (TPSA) is 84.9 Å². The Hall–Kier alpha value is -2.54. The average Bonchev–Trinajstić information content (AvgIpc) is 2.94. The molecular formula is C17H17N3O3S. The first kappa shape index (κ1) is 16.3. The van der Waals surface area contributed by atoms with Crippen LogP contribution in [0.15, 0.2) is 29.1 Å². The molecule has 7 heteroatoms. The van der Waals surface area contributed by atoms with Gasteiger partial charge in [0.05, 0.1) is 10.2 Å². The van der Waals surface area contributed by atoms with E-state index in [0.29, 0.717) is 23.5 Å². The Labute approximate surface area is 142 Å². The van der Waals surface area contributed by atoms with Gasteiger partial charge in [-0.25, -0.2) is 9.97 Å². The van der Waals surface area contributed by atoms with Gasteiger partial charge in [0.25, 0.3) is 5.56 Å². The van der Waals surface area contributed by atoms with Crippen molar-refractivity contribution in [1.82, 2.24) is 15.0 Å². The fourth-order valence-corrected chi connectivity index (χ4v) is 3.35. The molecule has 3 rings (SSSR count). The van der Waals surface area contributed by atoms with E-state index < -0.39 is 0 Å². The number of carbonyl (C=O) groups excluding carboxylic acids is 1. The van der Waals surface area contributed by atoms with Crippen LogP contribution >= 0.6 is 11.3 Å². The molecule has 0 spiro atoms. The van der Waals surface area contributed by atoms with Gasteiger partial charge in [-0.1, -0.05) is 12.1 Å². The second-order valence-electron chi connectivity index (χ2n) is 5.45. The van der Waals surface area contributed by atoms with Crippen molar-refractivity contribution in [3.63, 3.8) is 0 Å². The normalized spacial score (nSPS) is 10.9. The maximum atomic E-state index is 11.9. The van der Waals surface area contributed by atoms with Crippen LogP contribution in [0.3, 0.4) is 0 Å². The number of aryl methyl sites for hydroxylation is 2. The van der Waals surface area contributed by atoms with Gasteiger partial charge in [-0.05, 0) is 32.4 Å². The van der Waals surface area contributed by atoms with Crippen molar-refractivity contribution < 1.29 is 9.53 Å². The summed E-state index contributed by atoms with van der Waals surface area (Å²) in [5.41, 5.74) is 1.88. The van der Waals surface area contributed by atoms with Gasteiger partial charge in [0, 0.05) is 17.7 Å². The van der Waals surface area contributed by atoms with E-state index in [9.17, 15) is 9.59 Å². The van der Waals surface area contributed by atoms with Crippen molar-refractivity contribution >= 4 is 27.5 Å². The number of carbonyl (C=O) groups is 1. The predicted molar refractivity (Wildman–Crippen MR) is 92.1 cm³/mol. The molecule has 0 fully saturated rings. The number of aromatic amines is 1. The number of ether oxygens (including phenoxy) is 1. The number of hydrogen-bond acceptors (Lipinski definition) is 6. The number of nitrogens with one attached hydrogen (secondary N) is 1. The fourth-order valence-electron chi connectivity index (χ4n) is 2.47. The summed E-state index contributed by atoms with van der Waals surface area (Å²) in [5, 5.41) is 0.760. The molecule has 0 radical (unpaired) electrons. The molecule has 6 nitrogen and oxygen atoms in total. The number of fused-ring (bicyclic) bond motifs is 1. The number of thiazole rings is 1. The van der Waals surface area contributed by atoms with E-state index in [-0.39, 0.29) is 24.6 Å². The van der Waals surface area contributed by atoms with Crippen molar-refractivity contribution in [3.05, 3.63) is 56.7 Å². The molecule has 2 heterocycles. The maximum Gasteiger partial charge on any atom is 0.306 e. The Morgan fingerprint density at radius 3 is 2.79 bits per heavy atom. The number of hydrogen-bond donors (Lipinski definition) is 1. The zero-order valence-corrected chi connectivity index (χ0v) is 14.3. The summed E-state index contributed by atoms with van der Waals surface area (Å²) in [7, 11) is 0. The first-order valence-corrected chi connectivity index (χ1v) is 8.41. The van der Waals surface area contributed by atoms with E-state index in [1.165, 1.54) is 11.3 Å². The predicted octanol–water partition coefficient (Wildman–Crippen LogP) is 2.67. The number of H-pyrrole nitrogens is 1. The molecule has 0 aliphatic heterocycles. The third kappa shape index (κ3) is 3.68. The van der Waals surface area contributed by atoms with E-state index in [4.69, 9.17) is 4.74 Å². The van der Waals surface area contributed by atoms with Gasteiger partial charge in [-0.3, -0.25) is 9.59 Å². The Kier molecular flexibility index (Phi) is 4.71. The minimum atomic E-state index is -0.353. The average molecular weight is 343 g/mol. The van der Waals surface area contributed by atoms with Gasteiger partial charge in [0.2, 0.25) is 0 Å². The Balaban J connectivity index is 1.57. The van der Waals surface area contributed by atoms with Gasteiger partial charge in [0.15, 0.2) is 0 Å². The zero-order chi connectivity index (χ0) is 17.1. The van der Waals surface area contributed by atoms with E-state index in [2.05, 4.69) is 15.0 Å². The largest absolute Gasteiger partial charge is 0.458 e. The molecule has 0 saturated carbocycles. The second-order valence-corrected chi connectivity index (χ2v) is 6.57. The van der Waals surface area contributed by atoms with Crippen LogP contribution in [0.1, 0.15) is 28.5 Å². The number of rotatable bonds is 5. The van der Waals surface area contributed by atoms with Crippen molar-refractivity contribution in [3.8, 4) is 0 Å². The van der Waals surface area contributed by atoms with E-state index in [0.717, 1.165) is 15.2 Å². The highest BCUT2D eigenvalue weighted by Crippen LogP contribution is 2.22. The minimum Gasteiger partial charge on any atom is -0.458 e. The van der Waals surface area contributed by atoms with Crippen molar-refractivity contribution in [1.29, 1.82) is 0 Å². The second kappa shape index (κ2) is 6.92. The maximum absolute atomic E-state index is 11.9. The van der Waals surface area contributed by atoms with Crippen molar-refractivity contribution in [2.45, 2.75) is 33.3 Å². The Morgan fingerprint density at radius 2 is 2.04 bits per heavy atom. The van der Waals surface area contributed by atoms with E-state index >= 15 is 0 Å².